The van der Waals surface area contributed by atoms with E-state index in [0.717, 1.165) is 11.1 Å². The zero-order chi connectivity index (χ0) is 16.5. The number of nitrogens with one attached hydrogen (secondary N) is 1. The van der Waals surface area contributed by atoms with Gasteiger partial charge in [0.1, 0.15) is 0 Å². The fourth-order valence-electron chi connectivity index (χ4n) is 2.38. The molecule has 0 atom stereocenters. The molecular formula is C17H13N3O4. The van der Waals surface area contributed by atoms with Gasteiger partial charge < -0.3 is 13.9 Å². The van der Waals surface area contributed by atoms with Gasteiger partial charge in [-0.25, -0.2) is 0 Å². The molecule has 2 aromatic carbocycles. The third kappa shape index (κ3) is 2.67. The molecule has 1 aromatic heterocycles. The molecule has 1 amide bonds. The zero-order valence-electron chi connectivity index (χ0n) is 12.8. The van der Waals surface area contributed by atoms with Gasteiger partial charge in [-0.1, -0.05) is 22.8 Å². The summed E-state index contributed by atoms with van der Waals surface area (Å²) >= 11 is 0. The molecule has 0 spiro atoms. The second kappa shape index (κ2) is 5.69. The maximum absolute atomic E-state index is 12.3. The molecule has 4 rings (SSSR count). The van der Waals surface area contributed by atoms with Gasteiger partial charge in [-0.05, 0) is 37.3 Å². The van der Waals surface area contributed by atoms with Crippen molar-refractivity contribution in [3.05, 3.63) is 53.6 Å². The van der Waals surface area contributed by atoms with Gasteiger partial charge in [0, 0.05) is 11.1 Å². The van der Waals surface area contributed by atoms with E-state index in [-0.39, 0.29) is 18.7 Å². The standard InChI is InChI=1S/C17H13N3O4/c1-10-3-2-4-12(7-10)16-19-20-17(24-16)18-15(21)11-5-6-13-14(8-11)23-9-22-13/h2-8H,9H2,1H3,(H,18,20,21). The number of ether oxygens (including phenoxy) is 2. The zero-order valence-corrected chi connectivity index (χ0v) is 12.8. The molecule has 0 saturated carbocycles. The van der Waals surface area contributed by atoms with E-state index < -0.39 is 0 Å². The highest BCUT2D eigenvalue weighted by atomic mass is 16.7. The van der Waals surface area contributed by atoms with Crippen LogP contribution < -0.4 is 14.8 Å². The van der Waals surface area contributed by atoms with Crippen LogP contribution in [0.1, 0.15) is 15.9 Å². The van der Waals surface area contributed by atoms with Crippen molar-refractivity contribution in [3.8, 4) is 23.0 Å². The molecule has 0 fully saturated rings. The van der Waals surface area contributed by atoms with E-state index in [9.17, 15) is 4.79 Å². The molecule has 7 nitrogen and oxygen atoms in total. The van der Waals surface area contributed by atoms with E-state index in [4.69, 9.17) is 13.9 Å². The minimum atomic E-state index is -0.368. The molecule has 7 heteroatoms. The number of anilines is 1. The molecular weight excluding hydrogens is 310 g/mol. The summed E-state index contributed by atoms with van der Waals surface area (Å²) in [6, 6.07) is 12.6. The van der Waals surface area contributed by atoms with Gasteiger partial charge >= 0.3 is 6.01 Å². The van der Waals surface area contributed by atoms with Gasteiger partial charge in [-0.15, -0.1) is 5.10 Å². The van der Waals surface area contributed by atoms with Crippen LogP contribution in [-0.4, -0.2) is 22.9 Å². The third-order valence-corrected chi connectivity index (χ3v) is 3.55. The monoisotopic (exact) mass is 323 g/mol. The van der Waals surface area contributed by atoms with E-state index in [1.54, 1.807) is 18.2 Å². The van der Waals surface area contributed by atoms with Crippen molar-refractivity contribution >= 4 is 11.9 Å². The van der Waals surface area contributed by atoms with E-state index in [0.29, 0.717) is 23.0 Å². The van der Waals surface area contributed by atoms with E-state index in [1.165, 1.54) is 0 Å². The van der Waals surface area contributed by atoms with Crippen LogP contribution in [0, 0.1) is 6.92 Å². The average molecular weight is 323 g/mol. The first-order chi connectivity index (χ1) is 11.7. The van der Waals surface area contributed by atoms with Crippen LogP contribution in [0.15, 0.2) is 46.9 Å². The number of aryl methyl sites for hydroxylation is 1. The Hall–Kier alpha value is -3.35. The number of carbonyl (C=O) groups is 1. The van der Waals surface area contributed by atoms with Gasteiger partial charge in [0.15, 0.2) is 11.5 Å². The van der Waals surface area contributed by atoms with Crippen LogP contribution in [-0.2, 0) is 0 Å². The van der Waals surface area contributed by atoms with Crippen molar-refractivity contribution in [2.24, 2.45) is 0 Å². The van der Waals surface area contributed by atoms with Crippen molar-refractivity contribution in [3.63, 3.8) is 0 Å². The molecule has 0 bridgehead atoms. The Balaban J connectivity index is 1.52. The summed E-state index contributed by atoms with van der Waals surface area (Å²) in [4.78, 5) is 12.3. The lowest BCUT2D eigenvalue weighted by Gasteiger charge is -2.02. The molecule has 24 heavy (non-hydrogen) atoms. The molecule has 2 heterocycles. The molecule has 0 radical (unpaired) electrons. The summed E-state index contributed by atoms with van der Waals surface area (Å²) in [5.74, 6) is 1.13. The fraction of sp³-hybridized carbons (Fsp3) is 0.118. The quantitative estimate of drug-likeness (QED) is 0.797. The summed E-state index contributed by atoms with van der Waals surface area (Å²) < 4.78 is 16.0. The number of hydrogen-bond donors (Lipinski definition) is 1. The maximum Gasteiger partial charge on any atom is 0.322 e. The molecule has 3 aromatic rings. The highest BCUT2D eigenvalue weighted by Crippen LogP contribution is 2.32. The first-order valence-corrected chi connectivity index (χ1v) is 7.30. The SMILES string of the molecule is Cc1cccc(-c2nnc(NC(=O)c3ccc4c(c3)OCO4)o2)c1. The Morgan fingerprint density at radius 2 is 1.96 bits per heavy atom. The van der Waals surface area contributed by atoms with E-state index in [1.807, 2.05) is 31.2 Å². The number of carbonyl (C=O) groups excluding carboxylic acids is 1. The second-order valence-corrected chi connectivity index (χ2v) is 5.30. The van der Waals surface area contributed by atoms with Crippen LogP contribution in [0.5, 0.6) is 11.5 Å². The van der Waals surface area contributed by atoms with Crippen molar-refractivity contribution in [1.82, 2.24) is 10.2 Å². The molecule has 1 aliphatic heterocycles. The number of aromatic nitrogens is 2. The predicted octanol–water partition coefficient (Wildman–Crippen LogP) is 3.03. The third-order valence-electron chi connectivity index (χ3n) is 3.55. The van der Waals surface area contributed by atoms with Crippen LogP contribution in [0.4, 0.5) is 6.01 Å². The number of fused-ring (bicyclic) bond motifs is 1. The first-order valence-electron chi connectivity index (χ1n) is 7.30. The number of hydrogen-bond acceptors (Lipinski definition) is 6. The van der Waals surface area contributed by atoms with Crippen molar-refractivity contribution < 1.29 is 18.7 Å². The fourth-order valence-corrected chi connectivity index (χ4v) is 2.38. The van der Waals surface area contributed by atoms with Gasteiger partial charge in [0.05, 0.1) is 0 Å². The Bertz CT molecular complexity index is 920. The molecule has 0 aliphatic carbocycles. The van der Waals surface area contributed by atoms with Gasteiger partial charge in [-0.2, -0.15) is 0 Å². The smallest absolute Gasteiger partial charge is 0.322 e. The van der Waals surface area contributed by atoms with Crippen LogP contribution >= 0.6 is 0 Å². The maximum atomic E-state index is 12.3. The minimum Gasteiger partial charge on any atom is -0.454 e. The number of rotatable bonds is 3. The Kier molecular flexibility index (Phi) is 3.38. The largest absolute Gasteiger partial charge is 0.454 e. The topological polar surface area (TPSA) is 86.5 Å². The second-order valence-electron chi connectivity index (χ2n) is 5.30. The molecule has 1 N–H and O–H groups in total. The van der Waals surface area contributed by atoms with Crippen LogP contribution in [0.25, 0.3) is 11.5 Å². The molecule has 1 aliphatic rings. The van der Waals surface area contributed by atoms with Gasteiger partial charge in [0.25, 0.3) is 5.91 Å². The van der Waals surface area contributed by atoms with E-state index in [2.05, 4.69) is 15.5 Å². The number of nitrogens with zero attached hydrogens (tertiary/aromatic N) is 2. The van der Waals surface area contributed by atoms with Crippen molar-refractivity contribution in [2.75, 3.05) is 12.1 Å². The van der Waals surface area contributed by atoms with Crippen molar-refractivity contribution in [1.29, 1.82) is 0 Å². The summed E-state index contributed by atoms with van der Waals surface area (Å²) in [6.45, 7) is 2.13. The molecule has 120 valence electrons. The highest BCUT2D eigenvalue weighted by Gasteiger charge is 2.18. The Labute approximate surface area is 137 Å². The summed E-state index contributed by atoms with van der Waals surface area (Å²) in [5, 5.41) is 10.4. The van der Waals surface area contributed by atoms with Gasteiger partial charge in [-0.3, -0.25) is 10.1 Å². The van der Waals surface area contributed by atoms with E-state index >= 15 is 0 Å². The molecule has 0 unspecified atom stereocenters. The summed E-state index contributed by atoms with van der Waals surface area (Å²) in [5.41, 5.74) is 2.29. The average Bonchev–Trinajstić information content (AvgIpc) is 3.23. The van der Waals surface area contributed by atoms with Crippen LogP contribution in [0.2, 0.25) is 0 Å². The molecule has 0 saturated heterocycles. The normalized spacial score (nSPS) is 12.2. The first kappa shape index (κ1) is 14.3. The summed E-state index contributed by atoms with van der Waals surface area (Å²) in [6.07, 6.45) is 0. The predicted molar refractivity (Wildman–Crippen MR) is 85.0 cm³/mol. The van der Waals surface area contributed by atoms with Crippen LogP contribution in [0.3, 0.4) is 0 Å². The Morgan fingerprint density at radius 3 is 2.83 bits per heavy atom. The lowest BCUT2D eigenvalue weighted by Crippen LogP contribution is -2.12. The van der Waals surface area contributed by atoms with Gasteiger partial charge in [0.2, 0.25) is 12.7 Å². The lowest BCUT2D eigenvalue weighted by molar-refractivity contribution is 0.102. The number of amides is 1. The number of benzene rings is 2. The lowest BCUT2D eigenvalue weighted by atomic mass is 10.1. The van der Waals surface area contributed by atoms with Crippen molar-refractivity contribution in [2.45, 2.75) is 6.92 Å². The summed E-state index contributed by atoms with van der Waals surface area (Å²) in [7, 11) is 0. The highest BCUT2D eigenvalue weighted by molar-refractivity contribution is 6.03. The minimum absolute atomic E-state index is 0.0363. The Morgan fingerprint density at radius 1 is 1.08 bits per heavy atom.